The summed E-state index contributed by atoms with van der Waals surface area (Å²) in [5.74, 6) is 0.120. The molecule has 1 aliphatic carbocycles. The van der Waals surface area contributed by atoms with Crippen LogP contribution in [0.4, 0.5) is 0 Å². The van der Waals surface area contributed by atoms with Gasteiger partial charge in [-0.15, -0.1) is 0 Å². The standard InChI is InChI=1S/C9H15NO3/c1-9(2)4-7(6-10(12)13)3-8(11)5-9/h7H,3-6H2,1-2H3. The smallest absolute Gasteiger partial charge is 0.207 e. The highest BCUT2D eigenvalue weighted by molar-refractivity contribution is 5.80. The topological polar surface area (TPSA) is 60.2 Å². The lowest BCUT2D eigenvalue weighted by Gasteiger charge is -2.32. The Morgan fingerprint density at radius 1 is 1.62 bits per heavy atom. The van der Waals surface area contributed by atoms with Crippen molar-refractivity contribution in [1.29, 1.82) is 0 Å². The van der Waals surface area contributed by atoms with Crippen LogP contribution < -0.4 is 0 Å². The Morgan fingerprint density at radius 2 is 2.23 bits per heavy atom. The third kappa shape index (κ3) is 3.13. The minimum absolute atomic E-state index is 0.0456. The number of rotatable bonds is 2. The molecule has 1 unspecified atom stereocenters. The fraction of sp³-hybridized carbons (Fsp3) is 0.889. The molecule has 0 aliphatic heterocycles. The van der Waals surface area contributed by atoms with Crippen LogP contribution in [0, 0.1) is 21.4 Å². The predicted molar refractivity (Wildman–Crippen MR) is 48.0 cm³/mol. The van der Waals surface area contributed by atoms with Crippen LogP contribution in [0.2, 0.25) is 0 Å². The minimum Gasteiger partial charge on any atom is -0.300 e. The summed E-state index contributed by atoms with van der Waals surface area (Å²) in [6.45, 7) is 3.93. The van der Waals surface area contributed by atoms with Gasteiger partial charge in [0.1, 0.15) is 5.78 Å². The van der Waals surface area contributed by atoms with Crippen molar-refractivity contribution in [1.82, 2.24) is 0 Å². The van der Waals surface area contributed by atoms with Crippen molar-refractivity contribution in [2.45, 2.75) is 33.1 Å². The van der Waals surface area contributed by atoms with Crippen molar-refractivity contribution < 1.29 is 9.72 Å². The number of Topliss-reactive ketones (excluding diaryl/α,β-unsaturated/α-hetero) is 1. The number of nitrogens with zero attached hydrogens (tertiary/aromatic N) is 1. The summed E-state index contributed by atoms with van der Waals surface area (Å²) in [5, 5.41) is 10.3. The lowest BCUT2D eigenvalue weighted by Crippen LogP contribution is -2.32. The average molecular weight is 185 g/mol. The molecule has 0 bridgehead atoms. The van der Waals surface area contributed by atoms with Crippen LogP contribution in [0.25, 0.3) is 0 Å². The number of ketones is 1. The van der Waals surface area contributed by atoms with Gasteiger partial charge in [-0.3, -0.25) is 14.9 Å². The summed E-state index contributed by atoms with van der Waals surface area (Å²) in [4.78, 5) is 21.2. The van der Waals surface area contributed by atoms with Gasteiger partial charge >= 0.3 is 0 Å². The fourth-order valence-electron chi connectivity index (χ4n) is 2.19. The van der Waals surface area contributed by atoms with Crippen molar-refractivity contribution >= 4 is 5.78 Å². The van der Waals surface area contributed by atoms with Gasteiger partial charge in [-0.2, -0.15) is 0 Å². The van der Waals surface area contributed by atoms with Crippen LogP contribution in [0.5, 0.6) is 0 Å². The van der Waals surface area contributed by atoms with Gasteiger partial charge in [0.25, 0.3) is 0 Å². The molecule has 0 saturated heterocycles. The van der Waals surface area contributed by atoms with E-state index in [-0.39, 0.29) is 28.6 Å². The van der Waals surface area contributed by atoms with Crippen LogP contribution in [-0.2, 0) is 4.79 Å². The first-order chi connectivity index (χ1) is 5.89. The lowest BCUT2D eigenvalue weighted by molar-refractivity contribution is -0.489. The molecule has 0 aromatic rings. The maximum Gasteiger partial charge on any atom is 0.207 e. The molecule has 0 amide bonds. The maximum atomic E-state index is 11.2. The largest absolute Gasteiger partial charge is 0.300 e. The van der Waals surface area contributed by atoms with Crippen LogP contribution >= 0.6 is 0 Å². The van der Waals surface area contributed by atoms with Crippen molar-refractivity contribution in [3.8, 4) is 0 Å². The number of carbonyl (C=O) groups excluding carboxylic acids is 1. The van der Waals surface area contributed by atoms with Gasteiger partial charge < -0.3 is 0 Å². The van der Waals surface area contributed by atoms with Crippen molar-refractivity contribution in [2.75, 3.05) is 6.54 Å². The number of carbonyl (C=O) groups is 1. The Labute approximate surface area is 77.5 Å². The van der Waals surface area contributed by atoms with Crippen molar-refractivity contribution in [3.05, 3.63) is 10.1 Å². The first kappa shape index (κ1) is 10.2. The van der Waals surface area contributed by atoms with Gasteiger partial charge in [-0.05, 0) is 11.8 Å². The molecule has 13 heavy (non-hydrogen) atoms. The highest BCUT2D eigenvalue weighted by Crippen LogP contribution is 2.36. The average Bonchev–Trinajstić information content (AvgIpc) is 1.78. The van der Waals surface area contributed by atoms with Gasteiger partial charge in [-0.25, -0.2) is 0 Å². The van der Waals surface area contributed by atoms with E-state index in [1.54, 1.807) is 0 Å². The molecule has 0 aromatic carbocycles. The lowest BCUT2D eigenvalue weighted by atomic mass is 9.72. The van der Waals surface area contributed by atoms with Gasteiger partial charge in [0.2, 0.25) is 6.54 Å². The normalized spacial score (nSPS) is 27.2. The van der Waals surface area contributed by atoms with Crippen LogP contribution in [0.15, 0.2) is 0 Å². The molecule has 1 saturated carbocycles. The molecule has 1 rings (SSSR count). The molecule has 1 fully saturated rings. The van der Waals surface area contributed by atoms with E-state index < -0.39 is 0 Å². The molecule has 0 spiro atoms. The molecule has 0 radical (unpaired) electrons. The number of nitro groups is 1. The minimum atomic E-state index is -0.320. The highest BCUT2D eigenvalue weighted by Gasteiger charge is 2.34. The van der Waals surface area contributed by atoms with Gasteiger partial charge in [-0.1, -0.05) is 13.8 Å². The van der Waals surface area contributed by atoms with Gasteiger partial charge in [0, 0.05) is 23.7 Å². The van der Waals surface area contributed by atoms with Gasteiger partial charge in [0.05, 0.1) is 0 Å². The van der Waals surface area contributed by atoms with Crippen molar-refractivity contribution in [3.63, 3.8) is 0 Å². The zero-order valence-corrected chi connectivity index (χ0v) is 8.08. The molecule has 0 heterocycles. The van der Waals surface area contributed by atoms with Crippen molar-refractivity contribution in [2.24, 2.45) is 11.3 Å². The third-order valence-corrected chi connectivity index (χ3v) is 2.44. The number of hydrogen-bond donors (Lipinski definition) is 0. The molecule has 4 heteroatoms. The zero-order chi connectivity index (χ0) is 10.1. The molecule has 0 N–H and O–H groups in total. The summed E-state index contributed by atoms with van der Waals surface area (Å²) >= 11 is 0. The molecular weight excluding hydrogens is 170 g/mol. The SMILES string of the molecule is CC1(C)CC(=O)CC(C[N+](=O)[O-])C1. The summed E-state index contributed by atoms with van der Waals surface area (Å²) < 4.78 is 0. The first-order valence-electron chi connectivity index (χ1n) is 4.52. The quantitative estimate of drug-likeness (QED) is 0.485. The molecule has 74 valence electrons. The van der Waals surface area contributed by atoms with Crippen LogP contribution in [-0.4, -0.2) is 17.3 Å². The van der Waals surface area contributed by atoms with Crippen LogP contribution in [0.3, 0.4) is 0 Å². The Bertz CT molecular complexity index is 233. The fourth-order valence-corrected chi connectivity index (χ4v) is 2.19. The Hall–Kier alpha value is -0.930. The summed E-state index contributed by atoms with van der Waals surface area (Å²) in [5.41, 5.74) is -0.0456. The summed E-state index contributed by atoms with van der Waals surface area (Å²) in [6.07, 6.45) is 1.76. The molecule has 1 atom stereocenters. The van der Waals surface area contributed by atoms with Gasteiger partial charge in [0.15, 0.2) is 0 Å². The first-order valence-corrected chi connectivity index (χ1v) is 4.52. The Kier molecular flexibility index (Phi) is 2.68. The molecule has 1 aliphatic rings. The number of hydrogen-bond acceptors (Lipinski definition) is 3. The third-order valence-electron chi connectivity index (χ3n) is 2.44. The van der Waals surface area contributed by atoms with E-state index in [1.807, 2.05) is 13.8 Å². The molecule has 0 aromatic heterocycles. The van der Waals surface area contributed by atoms with Crippen LogP contribution in [0.1, 0.15) is 33.1 Å². The second-order valence-electron chi connectivity index (χ2n) is 4.67. The van der Waals surface area contributed by atoms with E-state index in [4.69, 9.17) is 0 Å². The Morgan fingerprint density at radius 3 is 2.69 bits per heavy atom. The monoisotopic (exact) mass is 185 g/mol. The maximum absolute atomic E-state index is 11.2. The summed E-state index contributed by atoms with van der Waals surface area (Å²) in [7, 11) is 0. The highest BCUT2D eigenvalue weighted by atomic mass is 16.6. The predicted octanol–water partition coefficient (Wildman–Crippen LogP) is 1.66. The van der Waals surface area contributed by atoms with E-state index in [1.165, 1.54) is 0 Å². The molecular formula is C9H15NO3. The second-order valence-corrected chi connectivity index (χ2v) is 4.67. The summed E-state index contributed by atoms with van der Waals surface area (Å²) in [6, 6.07) is 0. The molecule has 4 nitrogen and oxygen atoms in total. The van der Waals surface area contributed by atoms with E-state index in [0.29, 0.717) is 12.8 Å². The zero-order valence-electron chi connectivity index (χ0n) is 8.08. The van der Waals surface area contributed by atoms with E-state index in [9.17, 15) is 14.9 Å². The second kappa shape index (κ2) is 3.44. The van der Waals surface area contributed by atoms with E-state index >= 15 is 0 Å². The van der Waals surface area contributed by atoms with E-state index in [0.717, 1.165) is 6.42 Å². The van der Waals surface area contributed by atoms with E-state index in [2.05, 4.69) is 0 Å². The Balaban J connectivity index is 2.57.